The first-order chi connectivity index (χ1) is 22.7. The second kappa shape index (κ2) is 13.9. The zero-order chi connectivity index (χ0) is 34.4. The molecule has 260 valence electrons. The molecule has 48 heavy (non-hydrogen) atoms. The standard InChI is InChI=1S/C36H50N4O6SSi/c1-23(46-26-15-16-26)32(38-47(43)36(2,3)4)33-37-29-20-24(12-17-30(29)39(33)22-44-18-19-48(5,6)7)31(21-45-25-13-14-25)40-34(41)27-10-8-9-11-28(27)35(40)42/h8-12,17,20,23,25-26,31-32,38H,13-16,18-19,21-22H2,1-7H3/t23-,31-,32+,47-/m1/s1. The maximum absolute atomic E-state index is 13.6. The number of imide groups is 1. The maximum atomic E-state index is 13.6. The van der Waals surface area contributed by atoms with E-state index in [0.717, 1.165) is 42.8 Å². The van der Waals surface area contributed by atoms with E-state index >= 15 is 0 Å². The average Bonchev–Trinajstić information content (AvgIpc) is 3.96. The number of nitrogens with zero attached hydrogens (tertiary/aromatic N) is 3. The molecule has 2 aromatic carbocycles. The zero-order valence-electron chi connectivity index (χ0n) is 29.3. The molecule has 2 fully saturated rings. The summed E-state index contributed by atoms with van der Waals surface area (Å²) in [6, 6.07) is 12.8. The molecule has 0 bridgehead atoms. The first-order valence-electron chi connectivity index (χ1n) is 17.2. The molecule has 0 spiro atoms. The van der Waals surface area contributed by atoms with Crippen molar-refractivity contribution in [3.63, 3.8) is 0 Å². The van der Waals surface area contributed by atoms with Crippen molar-refractivity contribution in [3.8, 4) is 0 Å². The highest BCUT2D eigenvalue weighted by atomic mass is 32.2. The minimum absolute atomic E-state index is 0.147. The Balaban J connectivity index is 1.39. The average molecular weight is 695 g/mol. The van der Waals surface area contributed by atoms with Crippen molar-refractivity contribution in [3.05, 3.63) is 65.0 Å². The first-order valence-corrected chi connectivity index (χ1v) is 22.1. The molecule has 2 saturated carbocycles. The zero-order valence-corrected chi connectivity index (χ0v) is 31.1. The van der Waals surface area contributed by atoms with Gasteiger partial charge in [0.1, 0.15) is 18.6 Å². The van der Waals surface area contributed by atoms with Crippen LogP contribution in [-0.4, -0.2) is 74.8 Å². The third kappa shape index (κ3) is 8.00. The summed E-state index contributed by atoms with van der Waals surface area (Å²) in [6.45, 7) is 15.9. The Hall–Kier alpha value is -2.74. The van der Waals surface area contributed by atoms with Crippen molar-refractivity contribution in [1.29, 1.82) is 0 Å². The molecule has 2 heterocycles. The fraction of sp³-hybridized carbons (Fsp3) is 0.583. The first kappa shape index (κ1) is 35.1. The van der Waals surface area contributed by atoms with Gasteiger partial charge in [-0.05, 0) is 89.3 Å². The second-order valence-electron chi connectivity index (χ2n) is 15.6. The Bertz CT molecular complexity index is 1650. The Kier molecular flexibility index (Phi) is 10.1. The van der Waals surface area contributed by atoms with E-state index in [1.807, 2.05) is 50.5 Å². The predicted octanol–water partition coefficient (Wildman–Crippen LogP) is 6.53. The Labute approximate surface area is 287 Å². The van der Waals surface area contributed by atoms with Crippen LogP contribution in [0.15, 0.2) is 42.5 Å². The van der Waals surface area contributed by atoms with E-state index in [1.54, 1.807) is 24.3 Å². The van der Waals surface area contributed by atoms with Gasteiger partial charge in [-0.25, -0.2) is 13.9 Å². The summed E-state index contributed by atoms with van der Waals surface area (Å²) < 4.78 is 37.2. The number of carbonyl (C=O) groups is 2. The lowest BCUT2D eigenvalue weighted by molar-refractivity contribution is 0.0258. The van der Waals surface area contributed by atoms with E-state index in [4.69, 9.17) is 19.2 Å². The Morgan fingerprint density at radius 3 is 2.23 bits per heavy atom. The summed E-state index contributed by atoms with van der Waals surface area (Å²) in [6.07, 6.45) is 4.02. The lowest BCUT2D eigenvalue weighted by atomic mass is 10.0. The molecule has 4 atom stereocenters. The van der Waals surface area contributed by atoms with Crippen LogP contribution < -0.4 is 4.72 Å². The van der Waals surface area contributed by atoms with Crippen molar-refractivity contribution in [1.82, 2.24) is 19.2 Å². The van der Waals surface area contributed by atoms with Crippen LogP contribution in [0.4, 0.5) is 0 Å². The largest absolute Gasteiger partial charge is 0.376 e. The highest BCUT2D eigenvalue weighted by Crippen LogP contribution is 2.36. The molecule has 12 heteroatoms. The molecule has 1 aromatic heterocycles. The molecule has 2 amide bonds. The van der Waals surface area contributed by atoms with Crippen LogP contribution >= 0.6 is 0 Å². The summed E-state index contributed by atoms with van der Waals surface area (Å²) >= 11 is 0. The van der Waals surface area contributed by atoms with Crippen LogP contribution in [-0.2, 0) is 31.9 Å². The van der Waals surface area contributed by atoms with Gasteiger partial charge in [0, 0.05) is 14.7 Å². The molecule has 3 aromatic rings. The van der Waals surface area contributed by atoms with Crippen LogP contribution in [0.2, 0.25) is 25.7 Å². The quantitative estimate of drug-likeness (QED) is 0.103. The monoisotopic (exact) mass is 694 g/mol. The summed E-state index contributed by atoms with van der Waals surface area (Å²) in [5, 5.41) is 0. The highest BCUT2D eigenvalue weighted by molar-refractivity contribution is 7.84. The number of imidazole rings is 1. The minimum Gasteiger partial charge on any atom is -0.376 e. The van der Waals surface area contributed by atoms with E-state index in [0.29, 0.717) is 29.1 Å². The van der Waals surface area contributed by atoms with E-state index < -0.39 is 35.9 Å². The number of benzene rings is 2. The van der Waals surface area contributed by atoms with Crippen molar-refractivity contribution in [2.45, 2.75) is 121 Å². The van der Waals surface area contributed by atoms with E-state index in [9.17, 15) is 13.8 Å². The number of aromatic nitrogens is 2. The van der Waals surface area contributed by atoms with Crippen LogP contribution in [0.3, 0.4) is 0 Å². The Morgan fingerprint density at radius 1 is 1.00 bits per heavy atom. The summed E-state index contributed by atoms with van der Waals surface area (Å²) in [4.78, 5) is 33.8. The molecular formula is C36H50N4O6SSi. The van der Waals surface area contributed by atoms with Gasteiger partial charge < -0.3 is 18.8 Å². The smallest absolute Gasteiger partial charge is 0.262 e. The number of rotatable bonds is 16. The van der Waals surface area contributed by atoms with Gasteiger partial charge in [-0.1, -0.05) is 37.8 Å². The molecule has 0 radical (unpaired) electrons. The normalized spacial score (nSPS) is 19.5. The van der Waals surface area contributed by atoms with Gasteiger partial charge in [0.05, 0.1) is 68.9 Å². The summed E-state index contributed by atoms with van der Waals surface area (Å²) in [5.41, 5.74) is 3.12. The number of nitrogens with one attached hydrogen (secondary N) is 1. The number of hydrogen-bond acceptors (Lipinski definition) is 7. The highest BCUT2D eigenvalue weighted by Gasteiger charge is 2.42. The molecule has 2 aliphatic carbocycles. The SMILES string of the molecule is C[C@@H](OC1CC1)[C@H](N[S@](=O)C(C)(C)C)c1nc2cc([C@@H](COC3CC3)N3C(=O)c4ccccc4C3=O)ccc2n1COCC[Si](C)(C)C. The van der Waals surface area contributed by atoms with Crippen LogP contribution in [0.1, 0.15) is 97.6 Å². The number of hydrogen-bond donors (Lipinski definition) is 1. The van der Waals surface area contributed by atoms with E-state index in [1.165, 1.54) is 4.90 Å². The van der Waals surface area contributed by atoms with Crippen molar-refractivity contribution >= 4 is 41.9 Å². The van der Waals surface area contributed by atoms with Gasteiger partial charge in [0.25, 0.3) is 11.8 Å². The third-order valence-corrected chi connectivity index (χ3v) is 12.3. The molecule has 1 N–H and O–H groups in total. The molecule has 0 saturated heterocycles. The number of ether oxygens (including phenoxy) is 3. The lowest BCUT2D eigenvalue weighted by Gasteiger charge is -2.29. The topological polar surface area (TPSA) is 112 Å². The van der Waals surface area contributed by atoms with Gasteiger partial charge in [-0.15, -0.1) is 0 Å². The molecular weight excluding hydrogens is 645 g/mol. The number of carbonyl (C=O) groups excluding carboxylic acids is 2. The van der Waals surface area contributed by atoms with Gasteiger partial charge in [-0.3, -0.25) is 14.5 Å². The van der Waals surface area contributed by atoms with Gasteiger partial charge in [0.15, 0.2) is 0 Å². The van der Waals surface area contributed by atoms with E-state index in [-0.39, 0.29) is 43.5 Å². The third-order valence-electron chi connectivity index (χ3n) is 9.02. The van der Waals surface area contributed by atoms with Crippen molar-refractivity contribution in [2.75, 3.05) is 13.2 Å². The number of fused-ring (bicyclic) bond motifs is 2. The fourth-order valence-electron chi connectivity index (χ4n) is 5.79. The molecule has 6 rings (SSSR count). The Morgan fingerprint density at radius 2 is 1.65 bits per heavy atom. The van der Waals surface area contributed by atoms with Crippen LogP contribution in [0, 0.1) is 0 Å². The molecule has 1 aliphatic heterocycles. The van der Waals surface area contributed by atoms with Crippen molar-refractivity contribution < 1.29 is 28.0 Å². The van der Waals surface area contributed by atoms with Crippen molar-refractivity contribution in [2.24, 2.45) is 0 Å². The lowest BCUT2D eigenvalue weighted by Crippen LogP contribution is -2.41. The van der Waals surface area contributed by atoms with Gasteiger partial charge >= 0.3 is 0 Å². The van der Waals surface area contributed by atoms with E-state index in [2.05, 4.69) is 24.4 Å². The molecule has 3 aliphatic rings. The predicted molar refractivity (Wildman–Crippen MR) is 190 cm³/mol. The summed E-state index contributed by atoms with van der Waals surface area (Å²) in [5.74, 6) is 0.0385. The fourth-order valence-corrected chi connectivity index (χ4v) is 7.43. The van der Waals surface area contributed by atoms with Crippen LogP contribution in [0.25, 0.3) is 11.0 Å². The van der Waals surface area contributed by atoms with Gasteiger partial charge in [0.2, 0.25) is 0 Å². The van der Waals surface area contributed by atoms with Gasteiger partial charge in [-0.2, -0.15) is 0 Å². The summed E-state index contributed by atoms with van der Waals surface area (Å²) in [7, 11) is -2.71. The molecule has 10 nitrogen and oxygen atoms in total. The maximum Gasteiger partial charge on any atom is 0.262 e. The second-order valence-corrected chi connectivity index (χ2v) is 23.2. The molecule has 0 unspecified atom stereocenters. The number of amides is 2. The van der Waals surface area contributed by atoms with Crippen LogP contribution in [0.5, 0.6) is 0 Å². The minimum atomic E-state index is -1.39.